The van der Waals surface area contributed by atoms with Crippen molar-refractivity contribution in [3.8, 4) is 0 Å². The molecule has 0 aliphatic rings. The Hall–Kier alpha value is -1.57. The number of nitrogens with zero attached hydrogens (tertiary/aromatic N) is 1. The van der Waals surface area contributed by atoms with Crippen LogP contribution in [0.4, 0.5) is 0 Å². The van der Waals surface area contributed by atoms with E-state index in [-0.39, 0.29) is 5.43 Å². The normalized spacial score (nSPS) is 11.3. The lowest BCUT2D eigenvalue weighted by Gasteiger charge is -2.22. The van der Waals surface area contributed by atoms with Gasteiger partial charge in [-0.25, -0.2) is 0 Å². The monoisotopic (exact) mass is 271 g/mol. The first-order valence-corrected chi connectivity index (χ1v) is 7.49. The highest BCUT2D eigenvalue weighted by Crippen LogP contribution is 2.29. The summed E-state index contributed by atoms with van der Waals surface area (Å²) >= 11 is 0. The molecule has 0 amide bonds. The molecule has 2 rings (SSSR count). The van der Waals surface area contributed by atoms with Crippen molar-refractivity contribution in [2.24, 2.45) is 0 Å². The minimum atomic E-state index is 0.206. The summed E-state index contributed by atoms with van der Waals surface area (Å²) in [5.74, 6) is 0. The van der Waals surface area contributed by atoms with Crippen LogP contribution >= 0.6 is 0 Å². The van der Waals surface area contributed by atoms with Gasteiger partial charge in [-0.3, -0.25) is 4.79 Å². The Morgan fingerprint density at radius 2 is 1.45 bits per heavy atom. The lowest BCUT2D eigenvalue weighted by Crippen LogP contribution is -2.19. The van der Waals surface area contributed by atoms with Crippen molar-refractivity contribution < 1.29 is 0 Å². The molecule has 0 atom stereocenters. The quantitative estimate of drug-likeness (QED) is 0.805. The van der Waals surface area contributed by atoms with Gasteiger partial charge in [-0.2, -0.15) is 0 Å². The predicted octanol–water partition coefficient (Wildman–Crippen LogP) is 4.13. The zero-order valence-electron chi connectivity index (χ0n) is 13.8. The molecule has 0 saturated heterocycles. The Labute approximate surface area is 121 Å². The minimum absolute atomic E-state index is 0.206. The summed E-state index contributed by atoms with van der Waals surface area (Å²) in [6, 6.07) is 0. The molecule has 2 nitrogen and oxygen atoms in total. The lowest BCUT2D eigenvalue weighted by atomic mass is 9.90. The van der Waals surface area contributed by atoms with Gasteiger partial charge in [0.15, 0.2) is 5.43 Å². The average Bonchev–Trinajstić information content (AvgIpc) is 2.42. The molecular formula is C18H25NO. The Morgan fingerprint density at radius 1 is 0.850 bits per heavy atom. The van der Waals surface area contributed by atoms with E-state index in [4.69, 9.17) is 0 Å². The second-order valence-corrected chi connectivity index (χ2v) is 5.71. The van der Waals surface area contributed by atoms with Gasteiger partial charge < -0.3 is 4.57 Å². The Kier molecular flexibility index (Phi) is 3.77. The van der Waals surface area contributed by atoms with Crippen LogP contribution in [0.3, 0.4) is 0 Å². The number of hydrogen-bond donors (Lipinski definition) is 0. The summed E-state index contributed by atoms with van der Waals surface area (Å²) in [5, 5.41) is 0.926. The fourth-order valence-corrected chi connectivity index (χ4v) is 3.46. The first-order chi connectivity index (χ1) is 9.36. The molecule has 0 aliphatic carbocycles. The smallest absolute Gasteiger partial charge is 0.192 e. The molecular weight excluding hydrogens is 246 g/mol. The second-order valence-electron chi connectivity index (χ2n) is 5.71. The number of aryl methyl sites for hydroxylation is 3. The van der Waals surface area contributed by atoms with Crippen molar-refractivity contribution >= 4 is 10.9 Å². The van der Waals surface area contributed by atoms with Crippen molar-refractivity contribution in [3.63, 3.8) is 0 Å². The topological polar surface area (TPSA) is 22.0 Å². The maximum Gasteiger partial charge on any atom is 0.192 e. The SMILES string of the molecule is CCc1c(C)c(C)c2c(c1C)c(=O)c(C)c(C)n2CC. The van der Waals surface area contributed by atoms with Gasteiger partial charge in [-0.1, -0.05) is 6.92 Å². The molecule has 1 heterocycles. The van der Waals surface area contributed by atoms with E-state index in [2.05, 4.69) is 46.1 Å². The molecule has 1 aromatic carbocycles. The van der Waals surface area contributed by atoms with Crippen LogP contribution in [0.15, 0.2) is 4.79 Å². The van der Waals surface area contributed by atoms with E-state index >= 15 is 0 Å². The molecule has 0 spiro atoms. The average molecular weight is 271 g/mol. The molecule has 0 N–H and O–H groups in total. The largest absolute Gasteiger partial charge is 0.344 e. The zero-order valence-corrected chi connectivity index (χ0v) is 13.8. The van der Waals surface area contributed by atoms with Crippen LogP contribution < -0.4 is 5.43 Å². The van der Waals surface area contributed by atoms with Crippen LogP contribution in [0.1, 0.15) is 47.4 Å². The zero-order chi connectivity index (χ0) is 15.2. The third kappa shape index (κ3) is 1.81. The molecule has 2 heteroatoms. The Balaban J connectivity index is 3.23. The van der Waals surface area contributed by atoms with Crippen LogP contribution in [0.5, 0.6) is 0 Å². The van der Waals surface area contributed by atoms with Crippen molar-refractivity contribution in [1.29, 1.82) is 0 Å². The molecule has 20 heavy (non-hydrogen) atoms. The van der Waals surface area contributed by atoms with Gasteiger partial charge in [0.25, 0.3) is 0 Å². The number of fused-ring (bicyclic) bond motifs is 1. The van der Waals surface area contributed by atoms with Gasteiger partial charge in [0.2, 0.25) is 0 Å². The lowest BCUT2D eigenvalue weighted by molar-refractivity contribution is 0.748. The summed E-state index contributed by atoms with van der Waals surface area (Å²) in [4.78, 5) is 12.8. The van der Waals surface area contributed by atoms with Crippen molar-refractivity contribution in [2.45, 2.75) is 61.4 Å². The fourth-order valence-electron chi connectivity index (χ4n) is 3.46. The number of hydrogen-bond acceptors (Lipinski definition) is 1. The van der Waals surface area contributed by atoms with Crippen LogP contribution in [-0.4, -0.2) is 4.57 Å². The summed E-state index contributed by atoms with van der Waals surface area (Å²) in [5.41, 5.74) is 8.40. The van der Waals surface area contributed by atoms with E-state index in [0.717, 1.165) is 35.1 Å². The van der Waals surface area contributed by atoms with Crippen LogP contribution in [-0.2, 0) is 13.0 Å². The summed E-state index contributed by atoms with van der Waals surface area (Å²) in [6.45, 7) is 15.6. The van der Waals surface area contributed by atoms with Gasteiger partial charge in [0, 0.05) is 23.2 Å². The molecule has 0 aliphatic heterocycles. The Bertz CT molecular complexity index is 751. The summed E-state index contributed by atoms with van der Waals surface area (Å²) < 4.78 is 2.29. The fraction of sp³-hybridized carbons (Fsp3) is 0.500. The van der Waals surface area contributed by atoms with Gasteiger partial charge in [-0.05, 0) is 70.2 Å². The molecule has 0 fully saturated rings. The number of benzene rings is 1. The van der Waals surface area contributed by atoms with Gasteiger partial charge in [-0.15, -0.1) is 0 Å². The van der Waals surface area contributed by atoms with E-state index in [1.165, 1.54) is 22.3 Å². The van der Waals surface area contributed by atoms with E-state index in [0.29, 0.717) is 0 Å². The summed E-state index contributed by atoms with van der Waals surface area (Å²) in [6.07, 6.45) is 0.979. The molecule has 108 valence electrons. The minimum Gasteiger partial charge on any atom is -0.344 e. The number of aromatic nitrogens is 1. The number of pyridine rings is 1. The van der Waals surface area contributed by atoms with Crippen LogP contribution in [0, 0.1) is 34.6 Å². The van der Waals surface area contributed by atoms with E-state index in [9.17, 15) is 4.79 Å². The van der Waals surface area contributed by atoms with E-state index in [1.54, 1.807) is 0 Å². The van der Waals surface area contributed by atoms with E-state index < -0.39 is 0 Å². The second kappa shape index (κ2) is 5.08. The molecule has 0 saturated carbocycles. The molecule has 0 radical (unpaired) electrons. The van der Waals surface area contributed by atoms with Gasteiger partial charge in [0.1, 0.15) is 0 Å². The predicted molar refractivity (Wildman–Crippen MR) is 86.9 cm³/mol. The highest BCUT2D eigenvalue weighted by Gasteiger charge is 2.18. The van der Waals surface area contributed by atoms with Crippen LogP contribution in [0.2, 0.25) is 0 Å². The van der Waals surface area contributed by atoms with Crippen LogP contribution in [0.25, 0.3) is 10.9 Å². The Morgan fingerprint density at radius 3 is 1.95 bits per heavy atom. The highest BCUT2D eigenvalue weighted by atomic mass is 16.1. The molecule has 0 bridgehead atoms. The third-order valence-electron chi connectivity index (χ3n) is 4.89. The highest BCUT2D eigenvalue weighted by molar-refractivity contribution is 5.88. The van der Waals surface area contributed by atoms with Gasteiger partial charge >= 0.3 is 0 Å². The first-order valence-electron chi connectivity index (χ1n) is 7.49. The molecule has 0 unspecified atom stereocenters. The van der Waals surface area contributed by atoms with Crippen molar-refractivity contribution in [2.75, 3.05) is 0 Å². The first kappa shape index (κ1) is 14.8. The third-order valence-corrected chi connectivity index (χ3v) is 4.89. The van der Waals surface area contributed by atoms with Gasteiger partial charge in [0.05, 0.1) is 5.52 Å². The maximum atomic E-state index is 12.8. The maximum absolute atomic E-state index is 12.8. The standard InChI is InChI=1S/C18H25NO/c1-8-15-10(3)11(4)17-16(13(15)6)18(20)12(5)14(7)19(17)9-2/h8-9H2,1-7H3. The summed E-state index contributed by atoms with van der Waals surface area (Å²) in [7, 11) is 0. The van der Waals surface area contributed by atoms with Crippen molar-refractivity contribution in [1.82, 2.24) is 4.57 Å². The molecule has 2 aromatic rings. The van der Waals surface area contributed by atoms with Crippen molar-refractivity contribution in [3.05, 3.63) is 43.7 Å². The number of rotatable bonds is 2. The van der Waals surface area contributed by atoms with E-state index in [1.807, 2.05) is 6.92 Å². The molecule has 1 aromatic heterocycles.